The Bertz CT molecular complexity index is 396. The Morgan fingerprint density at radius 2 is 2.07 bits per heavy atom. The molecule has 0 spiro atoms. The lowest BCUT2D eigenvalue weighted by molar-refractivity contribution is -0.107. The minimum absolute atomic E-state index is 0.439. The third kappa shape index (κ3) is 1.69. The second-order valence-corrected chi connectivity index (χ2v) is 3.69. The summed E-state index contributed by atoms with van der Waals surface area (Å²) in [5.41, 5.74) is 3.16. The van der Waals surface area contributed by atoms with Crippen LogP contribution in [0.5, 0.6) is 11.5 Å². The number of aryl methyl sites for hydroxylation is 1. The van der Waals surface area contributed by atoms with Crippen LogP contribution in [0.3, 0.4) is 0 Å². The Labute approximate surface area is 89.0 Å². The molecular weight excluding hydrogens is 192 g/mol. The predicted molar refractivity (Wildman–Crippen MR) is 56.7 cm³/mol. The first-order valence-corrected chi connectivity index (χ1v) is 5.06. The van der Waals surface area contributed by atoms with Crippen molar-refractivity contribution in [2.24, 2.45) is 0 Å². The summed E-state index contributed by atoms with van der Waals surface area (Å²) in [6.45, 7) is 5.14. The maximum absolute atomic E-state index is 10.6. The van der Waals surface area contributed by atoms with Gasteiger partial charge in [-0.3, -0.25) is 0 Å². The summed E-state index contributed by atoms with van der Waals surface area (Å²) < 4.78 is 11.1. The van der Waals surface area contributed by atoms with E-state index in [4.69, 9.17) is 9.47 Å². The number of benzene rings is 1. The van der Waals surface area contributed by atoms with Crippen LogP contribution >= 0.6 is 0 Å². The summed E-state index contributed by atoms with van der Waals surface area (Å²) in [5, 5.41) is 0. The molecule has 80 valence electrons. The average molecular weight is 206 g/mol. The van der Waals surface area contributed by atoms with Gasteiger partial charge in [0, 0.05) is 6.42 Å². The highest BCUT2D eigenvalue weighted by molar-refractivity contribution is 5.62. The molecule has 3 nitrogen and oxygen atoms in total. The maximum Gasteiger partial charge on any atom is 0.164 e. The fraction of sp³-hybridized carbons (Fsp3) is 0.417. The van der Waals surface area contributed by atoms with Crippen LogP contribution in [0, 0.1) is 13.8 Å². The molecule has 0 amide bonds. The second-order valence-electron chi connectivity index (χ2n) is 3.69. The molecule has 1 aliphatic rings. The van der Waals surface area contributed by atoms with Crippen LogP contribution in [0.4, 0.5) is 0 Å². The topological polar surface area (TPSA) is 35.5 Å². The van der Waals surface area contributed by atoms with Gasteiger partial charge < -0.3 is 14.3 Å². The smallest absolute Gasteiger partial charge is 0.164 e. The van der Waals surface area contributed by atoms with Gasteiger partial charge in [-0.25, -0.2) is 0 Å². The van der Waals surface area contributed by atoms with Gasteiger partial charge in [-0.1, -0.05) is 0 Å². The first-order chi connectivity index (χ1) is 7.24. The third-order valence-electron chi connectivity index (χ3n) is 2.72. The molecule has 15 heavy (non-hydrogen) atoms. The highest BCUT2D eigenvalue weighted by Crippen LogP contribution is 2.37. The van der Waals surface area contributed by atoms with Crippen LogP contribution in [0.25, 0.3) is 0 Å². The van der Waals surface area contributed by atoms with Gasteiger partial charge in [0.15, 0.2) is 11.5 Å². The van der Waals surface area contributed by atoms with Crippen molar-refractivity contribution in [2.75, 3.05) is 13.2 Å². The van der Waals surface area contributed by atoms with Gasteiger partial charge in [0.1, 0.15) is 19.5 Å². The molecule has 1 heterocycles. The summed E-state index contributed by atoms with van der Waals surface area (Å²) in [7, 11) is 0. The lowest BCUT2D eigenvalue weighted by Crippen LogP contribution is -2.17. The van der Waals surface area contributed by atoms with Crippen LogP contribution in [0.2, 0.25) is 0 Å². The fourth-order valence-electron chi connectivity index (χ4n) is 1.95. The van der Waals surface area contributed by atoms with Gasteiger partial charge in [-0.05, 0) is 36.6 Å². The van der Waals surface area contributed by atoms with Gasteiger partial charge in [-0.15, -0.1) is 0 Å². The van der Waals surface area contributed by atoms with Crippen molar-refractivity contribution in [2.45, 2.75) is 20.3 Å². The SMILES string of the molecule is Cc1cc2c(c(C)c1CC=O)OCCO2. The van der Waals surface area contributed by atoms with Gasteiger partial charge in [-0.2, -0.15) is 0 Å². The van der Waals surface area contributed by atoms with Crippen LogP contribution < -0.4 is 9.47 Å². The second kappa shape index (κ2) is 3.93. The molecule has 0 radical (unpaired) electrons. The number of fused-ring (bicyclic) bond motifs is 1. The Morgan fingerprint density at radius 3 is 2.80 bits per heavy atom. The molecule has 0 N–H and O–H groups in total. The molecule has 0 bridgehead atoms. The largest absolute Gasteiger partial charge is 0.486 e. The van der Waals surface area contributed by atoms with Crippen molar-refractivity contribution in [3.05, 3.63) is 22.8 Å². The molecular formula is C12H14O3. The molecule has 0 atom stereocenters. The predicted octanol–water partition coefficient (Wildman–Crippen LogP) is 1.82. The summed E-state index contributed by atoms with van der Waals surface area (Å²) in [6, 6.07) is 1.94. The first kappa shape index (κ1) is 10.0. The highest BCUT2D eigenvalue weighted by Gasteiger charge is 2.18. The van der Waals surface area contributed by atoms with Crippen LogP contribution in [0.15, 0.2) is 6.07 Å². The number of aldehydes is 1. The average Bonchev–Trinajstić information content (AvgIpc) is 2.24. The maximum atomic E-state index is 10.6. The van der Waals surface area contributed by atoms with Gasteiger partial charge in [0.05, 0.1) is 0 Å². The molecule has 0 unspecified atom stereocenters. The number of hydrogen-bond acceptors (Lipinski definition) is 3. The van der Waals surface area contributed by atoms with Crippen LogP contribution in [0.1, 0.15) is 16.7 Å². The molecule has 0 aliphatic carbocycles. The van der Waals surface area contributed by atoms with E-state index in [2.05, 4.69) is 0 Å². The van der Waals surface area contributed by atoms with Crippen molar-refractivity contribution in [1.82, 2.24) is 0 Å². The molecule has 3 heteroatoms. The van der Waals surface area contributed by atoms with E-state index < -0.39 is 0 Å². The fourth-order valence-corrected chi connectivity index (χ4v) is 1.95. The number of rotatable bonds is 2. The molecule has 1 aromatic carbocycles. The van der Waals surface area contributed by atoms with Crippen molar-refractivity contribution in [1.29, 1.82) is 0 Å². The van der Waals surface area contributed by atoms with E-state index in [-0.39, 0.29) is 0 Å². The van der Waals surface area contributed by atoms with Crippen molar-refractivity contribution < 1.29 is 14.3 Å². The van der Waals surface area contributed by atoms with E-state index >= 15 is 0 Å². The number of ether oxygens (including phenoxy) is 2. The molecule has 2 rings (SSSR count). The number of carbonyl (C=O) groups excluding carboxylic acids is 1. The van der Waals surface area contributed by atoms with E-state index in [0.29, 0.717) is 19.6 Å². The Kier molecular flexibility index (Phi) is 2.62. The lowest BCUT2D eigenvalue weighted by atomic mass is 9.98. The van der Waals surface area contributed by atoms with E-state index in [1.54, 1.807) is 0 Å². The minimum atomic E-state index is 0.439. The standard InChI is InChI=1S/C12H14O3/c1-8-7-11-12(15-6-5-14-11)9(2)10(8)3-4-13/h4,7H,3,5-6H2,1-2H3. The summed E-state index contributed by atoms with van der Waals surface area (Å²) >= 11 is 0. The monoisotopic (exact) mass is 206 g/mol. The van der Waals surface area contributed by atoms with Crippen LogP contribution in [-0.2, 0) is 11.2 Å². The van der Waals surface area contributed by atoms with Crippen molar-refractivity contribution >= 4 is 6.29 Å². The number of hydrogen-bond donors (Lipinski definition) is 0. The molecule has 0 saturated heterocycles. The normalized spacial score (nSPS) is 13.7. The Hall–Kier alpha value is -1.51. The summed E-state index contributed by atoms with van der Waals surface area (Å²) in [5.74, 6) is 1.59. The lowest BCUT2D eigenvalue weighted by Gasteiger charge is -2.22. The van der Waals surface area contributed by atoms with E-state index in [1.165, 1.54) is 0 Å². The molecule has 0 aromatic heterocycles. The summed E-state index contributed by atoms with van der Waals surface area (Å²) in [6.07, 6.45) is 1.36. The zero-order chi connectivity index (χ0) is 10.8. The molecule has 1 aliphatic heterocycles. The van der Waals surface area contributed by atoms with E-state index in [0.717, 1.165) is 34.5 Å². The van der Waals surface area contributed by atoms with Crippen molar-refractivity contribution in [3.63, 3.8) is 0 Å². The van der Waals surface area contributed by atoms with Crippen LogP contribution in [-0.4, -0.2) is 19.5 Å². The Balaban J connectivity index is 2.53. The highest BCUT2D eigenvalue weighted by atomic mass is 16.6. The molecule has 0 saturated carbocycles. The quantitative estimate of drug-likeness (QED) is 0.692. The van der Waals surface area contributed by atoms with E-state index in [9.17, 15) is 4.79 Å². The first-order valence-electron chi connectivity index (χ1n) is 5.06. The zero-order valence-corrected chi connectivity index (χ0v) is 9.00. The molecule has 1 aromatic rings. The summed E-state index contributed by atoms with van der Waals surface area (Å²) in [4.78, 5) is 10.6. The molecule has 0 fully saturated rings. The van der Waals surface area contributed by atoms with Gasteiger partial charge >= 0.3 is 0 Å². The number of carbonyl (C=O) groups is 1. The third-order valence-corrected chi connectivity index (χ3v) is 2.72. The zero-order valence-electron chi connectivity index (χ0n) is 9.00. The van der Waals surface area contributed by atoms with Gasteiger partial charge in [0.2, 0.25) is 0 Å². The Morgan fingerprint density at radius 1 is 1.33 bits per heavy atom. The van der Waals surface area contributed by atoms with E-state index in [1.807, 2.05) is 19.9 Å². The van der Waals surface area contributed by atoms with Gasteiger partial charge in [0.25, 0.3) is 0 Å². The van der Waals surface area contributed by atoms with Crippen molar-refractivity contribution in [3.8, 4) is 11.5 Å². The minimum Gasteiger partial charge on any atom is -0.486 e.